The number of nitrogens with one attached hydrogen (secondary N) is 1. The van der Waals surface area contributed by atoms with Gasteiger partial charge >= 0.3 is 0 Å². The monoisotopic (exact) mass is 192 g/mol. The van der Waals surface area contributed by atoms with Gasteiger partial charge in [-0.05, 0) is 24.1 Å². The Morgan fingerprint density at radius 3 is 2.86 bits per heavy atom. The van der Waals surface area contributed by atoms with Crippen LogP contribution in [-0.2, 0) is 13.0 Å². The lowest BCUT2D eigenvalue weighted by atomic mass is 10.1. The van der Waals surface area contributed by atoms with Gasteiger partial charge in [0.2, 0.25) is 0 Å². The van der Waals surface area contributed by atoms with E-state index in [0.29, 0.717) is 12.2 Å². The number of fused-ring (bicyclic) bond motifs is 1. The summed E-state index contributed by atoms with van der Waals surface area (Å²) in [6.45, 7) is 0.0660. The Morgan fingerprint density at radius 2 is 2.14 bits per heavy atom. The van der Waals surface area contributed by atoms with Crippen LogP contribution in [-0.4, -0.2) is 26.8 Å². The number of benzene rings is 1. The Labute approximate surface area is 81.2 Å². The van der Waals surface area contributed by atoms with E-state index < -0.39 is 0 Å². The van der Waals surface area contributed by atoms with Crippen molar-refractivity contribution in [1.82, 2.24) is 9.97 Å². The van der Waals surface area contributed by atoms with Gasteiger partial charge in [0.1, 0.15) is 12.4 Å². The zero-order valence-corrected chi connectivity index (χ0v) is 7.70. The fourth-order valence-electron chi connectivity index (χ4n) is 1.47. The van der Waals surface area contributed by atoms with E-state index in [1.807, 2.05) is 18.2 Å². The van der Waals surface area contributed by atoms with E-state index in [2.05, 4.69) is 9.97 Å². The normalized spacial score (nSPS) is 11.0. The molecule has 0 aliphatic carbocycles. The van der Waals surface area contributed by atoms with Crippen LogP contribution >= 0.6 is 0 Å². The summed E-state index contributed by atoms with van der Waals surface area (Å²) in [6.07, 6.45) is 0.642. The molecule has 0 atom stereocenters. The second-order valence-electron chi connectivity index (χ2n) is 3.17. The first-order valence-electron chi connectivity index (χ1n) is 4.52. The van der Waals surface area contributed by atoms with Crippen LogP contribution in [0.15, 0.2) is 18.2 Å². The molecule has 14 heavy (non-hydrogen) atoms. The minimum Gasteiger partial charge on any atom is -0.396 e. The number of nitrogens with zero attached hydrogens (tertiary/aromatic N) is 1. The smallest absolute Gasteiger partial charge is 0.133 e. The molecule has 0 fully saturated rings. The number of aliphatic hydroxyl groups excluding tert-OH is 2. The number of aromatic nitrogens is 2. The molecule has 3 N–H and O–H groups in total. The van der Waals surface area contributed by atoms with Gasteiger partial charge in [0, 0.05) is 6.61 Å². The molecule has 0 saturated heterocycles. The molecule has 0 bridgehead atoms. The Balaban J connectivity index is 2.43. The fraction of sp³-hybridized carbons (Fsp3) is 0.300. The van der Waals surface area contributed by atoms with Gasteiger partial charge in [-0.1, -0.05) is 6.07 Å². The predicted molar refractivity (Wildman–Crippen MR) is 52.8 cm³/mol. The largest absolute Gasteiger partial charge is 0.396 e. The molecular formula is C10H12N2O2. The second-order valence-corrected chi connectivity index (χ2v) is 3.17. The molecule has 0 saturated carbocycles. The Morgan fingerprint density at radius 1 is 1.29 bits per heavy atom. The number of rotatable bonds is 3. The molecule has 2 rings (SSSR count). The maximum Gasteiger partial charge on any atom is 0.133 e. The van der Waals surface area contributed by atoms with Crippen LogP contribution < -0.4 is 0 Å². The molecular weight excluding hydrogens is 180 g/mol. The van der Waals surface area contributed by atoms with Crippen LogP contribution in [0.5, 0.6) is 0 Å². The van der Waals surface area contributed by atoms with Crippen LogP contribution in [0.4, 0.5) is 0 Å². The summed E-state index contributed by atoms with van der Waals surface area (Å²) < 4.78 is 0. The molecule has 1 heterocycles. The fourth-order valence-corrected chi connectivity index (χ4v) is 1.47. The Hall–Kier alpha value is -1.39. The SMILES string of the molecule is OCCc1ccc2nc(CO)[nH]c2c1. The molecule has 0 unspecified atom stereocenters. The molecule has 2 aromatic rings. The Bertz CT molecular complexity index is 437. The highest BCUT2D eigenvalue weighted by Gasteiger charge is 2.02. The lowest BCUT2D eigenvalue weighted by Gasteiger charge is -1.96. The number of hydrogen-bond acceptors (Lipinski definition) is 3. The molecule has 74 valence electrons. The lowest BCUT2D eigenvalue weighted by molar-refractivity contribution is 0.273. The van der Waals surface area contributed by atoms with Crippen molar-refractivity contribution in [3.63, 3.8) is 0 Å². The lowest BCUT2D eigenvalue weighted by Crippen LogP contribution is -1.89. The quantitative estimate of drug-likeness (QED) is 0.666. The predicted octanol–water partition coefficient (Wildman–Crippen LogP) is 0.590. The number of aliphatic hydroxyl groups is 2. The van der Waals surface area contributed by atoms with Gasteiger partial charge in [0.15, 0.2) is 0 Å². The van der Waals surface area contributed by atoms with Crippen LogP contribution in [0.25, 0.3) is 11.0 Å². The number of H-pyrrole nitrogens is 1. The van der Waals surface area contributed by atoms with Gasteiger partial charge < -0.3 is 15.2 Å². The standard InChI is InChI=1S/C10H12N2O2/c13-4-3-7-1-2-8-9(5-7)12-10(6-14)11-8/h1-2,5,13-14H,3-4,6H2,(H,11,12). The van der Waals surface area contributed by atoms with E-state index in [-0.39, 0.29) is 13.2 Å². The van der Waals surface area contributed by atoms with E-state index in [1.54, 1.807) is 0 Å². The van der Waals surface area contributed by atoms with E-state index >= 15 is 0 Å². The van der Waals surface area contributed by atoms with Gasteiger partial charge in [-0.15, -0.1) is 0 Å². The summed E-state index contributed by atoms with van der Waals surface area (Å²) in [6, 6.07) is 5.76. The van der Waals surface area contributed by atoms with Crippen LogP contribution in [0.3, 0.4) is 0 Å². The summed E-state index contributed by atoms with van der Waals surface area (Å²) in [5.74, 6) is 0.571. The van der Waals surface area contributed by atoms with Gasteiger partial charge in [-0.25, -0.2) is 4.98 Å². The highest BCUT2D eigenvalue weighted by atomic mass is 16.3. The van der Waals surface area contributed by atoms with E-state index in [4.69, 9.17) is 10.2 Å². The van der Waals surface area contributed by atoms with Crippen LogP contribution in [0.2, 0.25) is 0 Å². The average molecular weight is 192 g/mol. The average Bonchev–Trinajstić information content (AvgIpc) is 2.60. The second kappa shape index (κ2) is 3.77. The summed E-state index contributed by atoms with van der Waals surface area (Å²) in [5, 5.41) is 17.7. The zero-order valence-electron chi connectivity index (χ0n) is 7.70. The van der Waals surface area contributed by atoms with Crippen molar-refractivity contribution >= 4 is 11.0 Å². The molecule has 0 spiro atoms. The van der Waals surface area contributed by atoms with Gasteiger partial charge in [-0.3, -0.25) is 0 Å². The summed E-state index contributed by atoms with van der Waals surface area (Å²) in [4.78, 5) is 7.17. The first kappa shape index (κ1) is 9.18. The highest BCUT2D eigenvalue weighted by Crippen LogP contribution is 2.14. The minimum atomic E-state index is -0.0794. The molecule has 4 heteroatoms. The molecule has 0 amide bonds. The topological polar surface area (TPSA) is 69.1 Å². The molecule has 0 aliphatic heterocycles. The van der Waals surface area contributed by atoms with Crippen molar-refractivity contribution in [2.75, 3.05) is 6.61 Å². The van der Waals surface area contributed by atoms with Gasteiger partial charge in [0.25, 0.3) is 0 Å². The van der Waals surface area contributed by atoms with Gasteiger partial charge in [-0.2, -0.15) is 0 Å². The third-order valence-electron chi connectivity index (χ3n) is 2.15. The molecule has 0 radical (unpaired) electrons. The van der Waals surface area contributed by atoms with Crippen molar-refractivity contribution in [3.8, 4) is 0 Å². The first-order valence-corrected chi connectivity index (χ1v) is 4.52. The summed E-state index contributed by atoms with van der Waals surface area (Å²) in [7, 11) is 0. The maximum absolute atomic E-state index is 8.88. The van der Waals surface area contributed by atoms with E-state index in [1.165, 1.54) is 0 Å². The maximum atomic E-state index is 8.88. The van der Waals surface area contributed by atoms with Crippen molar-refractivity contribution in [3.05, 3.63) is 29.6 Å². The van der Waals surface area contributed by atoms with Crippen molar-refractivity contribution in [2.24, 2.45) is 0 Å². The number of hydrogen-bond donors (Lipinski definition) is 3. The van der Waals surface area contributed by atoms with E-state index in [0.717, 1.165) is 16.6 Å². The molecule has 1 aromatic carbocycles. The third-order valence-corrected chi connectivity index (χ3v) is 2.15. The van der Waals surface area contributed by atoms with E-state index in [9.17, 15) is 0 Å². The molecule has 1 aromatic heterocycles. The Kier molecular flexibility index (Phi) is 2.47. The zero-order chi connectivity index (χ0) is 9.97. The first-order chi connectivity index (χ1) is 6.83. The summed E-state index contributed by atoms with van der Waals surface area (Å²) >= 11 is 0. The van der Waals surface area contributed by atoms with Crippen LogP contribution in [0.1, 0.15) is 11.4 Å². The van der Waals surface area contributed by atoms with Crippen molar-refractivity contribution < 1.29 is 10.2 Å². The van der Waals surface area contributed by atoms with Crippen molar-refractivity contribution in [2.45, 2.75) is 13.0 Å². The molecule has 4 nitrogen and oxygen atoms in total. The number of imidazole rings is 1. The van der Waals surface area contributed by atoms with Crippen molar-refractivity contribution in [1.29, 1.82) is 0 Å². The van der Waals surface area contributed by atoms with Crippen LogP contribution in [0, 0.1) is 0 Å². The summed E-state index contributed by atoms with van der Waals surface area (Å²) in [5.41, 5.74) is 2.81. The minimum absolute atomic E-state index is 0.0794. The molecule has 0 aliphatic rings. The third kappa shape index (κ3) is 1.62. The van der Waals surface area contributed by atoms with Gasteiger partial charge in [0.05, 0.1) is 11.0 Å². The number of aromatic amines is 1. The highest BCUT2D eigenvalue weighted by molar-refractivity contribution is 5.75.